The fourth-order valence-corrected chi connectivity index (χ4v) is 13.7. The highest BCUT2D eigenvalue weighted by Gasteiger charge is 2.71. The molecule has 9 heteroatoms. The van der Waals surface area contributed by atoms with Crippen molar-refractivity contribution in [2.45, 2.75) is 145 Å². The van der Waals surface area contributed by atoms with Crippen molar-refractivity contribution < 1.29 is 34.1 Å². The molecule has 6 rings (SSSR count). The van der Waals surface area contributed by atoms with E-state index >= 15 is 0 Å². The fourth-order valence-electron chi connectivity index (χ4n) is 13.7. The van der Waals surface area contributed by atoms with Crippen LogP contribution >= 0.6 is 0 Å². The number of carboxylic acids is 1. The van der Waals surface area contributed by atoms with Gasteiger partial charge in [-0.25, -0.2) is 0 Å². The molecule has 4 saturated carbocycles. The molecule has 9 atom stereocenters. The lowest BCUT2D eigenvalue weighted by atomic mass is 9.33. The summed E-state index contributed by atoms with van der Waals surface area (Å²) in [5.41, 5.74) is 1.11. The first-order valence-electron chi connectivity index (χ1n) is 21.8. The number of aliphatic hydroxyl groups is 1. The molecule has 0 heterocycles. The number of likely N-dealkylation sites (N-methyl/N-ethyl adjacent to an activating group) is 1. The Morgan fingerprint density at radius 3 is 2.18 bits per heavy atom. The number of benzene rings is 1. The Kier molecular flexibility index (Phi) is 11.6. The van der Waals surface area contributed by atoms with E-state index in [0.29, 0.717) is 31.3 Å². The van der Waals surface area contributed by atoms with Crippen LogP contribution in [0.3, 0.4) is 0 Å². The quantitative estimate of drug-likeness (QED) is 0.203. The van der Waals surface area contributed by atoms with Gasteiger partial charge in [-0.15, -0.1) is 0 Å². The van der Waals surface area contributed by atoms with Crippen LogP contribution in [-0.2, 0) is 30.5 Å². The summed E-state index contributed by atoms with van der Waals surface area (Å²) >= 11 is 0. The Morgan fingerprint density at radius 1 is 0.895 bits per heavy atom. The second-order valence-corrected chi connectivity index (χ2v) is 21.5. The van der Waals surface area contributed by atoms with Gasteiger partial charge in [0.1, 0.15) is 6.10 Å². The van der Waals surface area contributed by atoms with Crippen LogP contribution in [0.2, 0.25) is 0 Å². The molecule has 1 aromatic rings. The fraction of sp³-hybridized carbons (Fsp3) is 0.750. The maximum absolute atomic E-state index is 14.3. The van der Waals surface area contributed by atoms with E-state index in [1.165, 1.54) is 5.57 Å². The molecule has 4 fully saturated rings. The summed E-state index contributed by atoms with van der Waals surface area (Å²) < 4.78 is 6.18. The molecule has 5 aliphatic rings. The molecular weight excluding hydrogens is 717 g/mol. The number of ether oxygens (including phenoxy) is 1. The standard InChI is InChI=1S/C48H72N2O7/c1-30(2)40-33(51)25-48(36(52)28-50(29-38(53)49(10)11)27-31-15-13-12-14-16-31)24-23-46(8)32(41(40)48)17-18-35-45(7)21-20-37(57-39(54)26-43(3,4)42(55)56)44(5,6)34(45)19-22-47(35,46)9/h12-16,30,32,34-37,52H,17-29H2,1-11H3,(H,55,56)/t32-,34+,35-,36+,37?,45+,46-,47-,48+/m1/s1. The minimum Gasteiger partial charge on any atom is -0.481 e. The number of aliphatic hydroxyl groups excluding tert-OH is 1. The SMILES string of the molecule is CC(C)C1=C2[C@H]3CC[C@@H]4[C@@]5(C)CCC(OC(=O)CC(C)(C)C(=O)O)C(C)(C)[C@@H]5CC[C@@]4(C)[C@]3(C)CC[C@@]2([C@@H](O)CN(CC(=O)N(C)C)Cc2ccccc2)CC1=O. The Bertz CT molecular complexity index is 1770. The average Bonchev–Trinajstić information content (AvgIpc) is 3.43. The normalized spacial score (nSPS) is 35.2. The maximum atomic E-state index is 14.3. The van der Waals surface area contributed by atoms with E-state index in [1.54, 1.807) is 32.8 Å². The summed E-state index contributed by atoms with van der Waals surface area (Å²) in [6.45, 7) is 20.6. The number of aliphatic carboxylic acids is 1. The first kappa shape index (κ1) is 43.5. The van der Waals surface area contributed by atoms with E-state index in [4.69, 9.17) is 4.74 Å². The third kappa shape index (κ3) is 7.23. The molecule has 1 amide bonds. The van der Waals surface area contributed by atoms with E-state index in [2.05, 4.69) is 65.5 Å². The van der Waals surface area contributed by atoms with Crippen molar-refractivity contribution in [1.82, 2.24) is 9.80 Å². The molecular formula is C48H72N2O7. The average molecular weight is 789 g/mol. The zero-order valence-electron chi connectivity index (χ0n) is 36.9. The Morgan fingerprint density at radius 2 is 1.56 bits per heavy atom. The number of rotatable bonds is 12. The summed E-state index contributed by atoms with van der Waals surface area (Å²) in [5, 5.41) is 22.3. The predicted octanol–water partition coefficient (Wildman–Crippen LogP) is 8.33. The van der Waals surface area contributed by atoms with Gasteiger partial charge in [-0.2, -0.15) is 0 Å². The number of carbonyl (C=O) groups is 4. The first-order valence-corrected chi connectivity index (χ1v) is 21.8. The molecule has 2 N–H and O–H groups in total. The molecule has 0 aliphatic heterocycles. The van der Waals surface area contributed by atoms with Crippen molar-refractivity contribution in [2.75, 3.05) is 27.2 Å². The van der Waals surface area contributed by atoms with Crippen molar-refractivity contribution in [3.63, 3.8) is 0 Å². The third-order valence-corrected chi connectivity index (χ3v) is 17.0. The van der Waals surface area contributed by atoms with Gasteiger partial charge in [-0.1, -0.05) is 84.4 Å². The van der Waals surface area contributed by atoms with Gasteiger partial charge in [0.15, 0.2) is 5.78 Å². The molecule has 0 aromatic heterocycles. The number of carboxylic acid groups (broad SMARTS) is 1. The van der Waals surface area contributed by atoms with Gasteiger partial charge in [0.25, 0.3) is 0 Å². The number of esters is 1. The monoisotopic (exact) mass is 789 g/mol. The van der Waals surface area contributed by atoms with Gasteiger partial charge in [0.05, 0.1) is 24.5 Å². The lowest BCUT2D eigenvalue weighted by molar-refractivity contribution is -0.235. The van der Waals surface area contributed by atoms with Gasteiger partial charge in [0, 0.05) is 44.4 Å². The summed E-state index contributed by atoms with van der Waals surface area (Å²) in [6, 6.07) is 10.1. The van der Waals surface area contributed by atoms with Crippen molar-refractivity contribution in [3.8, 4) is 0 Å². The van der Waals surface area contributed by atoms with Crippen LogP contribution in [0.15, 0.2) is 41.5 Å². The number of fused-ring (bicyclic) bond motifs is 7. The summed E-state index contributed by atoms with van der Waals surface area (Å²) in [5.74, 6) is -0.238. The number of carbonyl (C=O) groups excluding carboxylic acids is 3. The Hall–Kier alpha value is -3.04. The molecule has 0 bridgehead atoms. The number of hydrogen-bond donors (Lipinski definition) is 2. The van der Waals surface area contributed by atoms with Crippen LogP contribution in [0.5, 0.6) is 0 Å². The Labute approximate surface area is 342 Å². The molecule has 0 radical (unpaired) electrons. The van der Waals surface area contributed by atoms with E-state index < -0.39 is 28.9 Å². The van der Waals surface area contributed by atoms with E-state index in [1.807, 2.05) is 18.2 Å². The van der Waals surface area contributed by atoms with Crippen LogP contribution in [0.4, 0.5) is 0 Å². The molecule has 5 aliphatic carbocycles. The van der Waals surface area contributed by atoms with Gasteiger partial charge < -0.3 is 19.8 Å². The number of allylic oxidation sites excluding steroid dienone is 1. The third-order valence-electron chi connectivity index (χ3n) is 17.0. The summed E-state index contributed by atoms with van der Waals surface area (Å²) in [6.07, 6.45) is 6.60. The molecule has 1 aromatic carbocycles. The first-order chi connectivity index (χ1) is 26.4. The minimum absolute atomic E-state index is 0.00157. The van der Waals surface area contributed by atoms with Crippen LogP contribution in [0.25, 0.3) is 0 Å². The van der Waals surface area contributed by atoms with Gasteiger partial charge in [-0.05, 0) is 116 Å². The smallest absolute Gasteiger partial charge is 0.309 e. The van der Waals surface area contributed by atoms with Crippen LogP contribution < -0.4 is 0 Å². The molecule has 0 saturated heterocycles. The zero-order chi connectivity index (χ0) is 42.1. The topological polar surface area (TPSA) is 124 Å². The van der Waals surface area contributed by atoms with Crippen molar-refractivity contribution >= 4 is 23.6 Å². The lowest BCUT2D eigenvalue weighted by Crippen LogP contribution is -2.66. The number of amides is 1. The van der Waals surface area contributed by atoms with Gasteiger partial charge in [-0.3, -0.25) is 24.1 Å². The molecule has 1 unspecified atom stereocenters. The van der Waals surface area contributed by atoms with Crippen LogP contribution in [-0.4, -0.2) is 83.0 Å². The number of Topliss-reactive ketones (excluding diaryl/α,β-unsaturated/α-hetero) is 1. The second-order valence-electron chi connectivity index (χ2n) is 21.5. The summed E-state index contributed by atoms with van der Waals surface area (Å²) in [4.78, 5) is 56.0. The molecule has 0 spiro atoms. The van der Waals surface area contributed by atoms with Crippen molar-refractivity contribution in [1.29, 1.82) is 0 Å². The number of nitrogens with zero attached hydrogens (tertiary/aromatic N) is 2. The van der Waals surface area contributed by atoms with E-state index in [0.717, 1.165) is 62.5 Å². The molecule has 9 nitrogen and oxygen atoms in total. The summed E-state index contributed by atoms with van der Waals surface area (Å²) in [7, 11) is 3.53. The minimum atomic E-state index is -1.18. The van der Waals surface area contributed by atoms with Crippen molar-refractivity contribution in [2.24, 2.45) is 56.2 Å². The molecule has 316 valence electrons. The highest BCUT2D eigenvalue weighted by molar-refractivity contribution is 6.00. The highest BCUT2D eigenvalue weighted by Crippen LogP contribution is 2.77. The highest BCUT2D eigenvalue weighted by atomic mass is 16.5. The van der Waals surface area contributed by atoms with Crippen molar-refractivity contribution in [3.05, 3.63) is 47.0 Å². The van der Waals surface area contributed by atoms with Gasteiger partial charge >= 0.3 is 11.9 Å². The van der Waals surface area contributed by atoms with E-state index in [9.17, 15) is 29.4 Å². The Balaban J connectivity index is 1.30. The number of ketones is 1. The van der Waals surface area contributed by atoms with Crippen LogP contribution in [0, 0.1) is 56.2 Å². The van der Waals surface area contributed by atoms with Crippen LogP contribution in [0.1, 0.15) is 132 Å². The lowest BCUT2D eigenvalue weighted by Gasteiger charge is -2.72. The van der Waals surface area contributed by atoms with E-state index in [-0.39, 0.29) is 64.3 Å². The number of hydrogen-bond acceptors (Lipinski definition) is 7. The largest absolute Gasteiger partial charge is 0.481 e. The maximum Gasteiger partial charge on any atom is 0.309 e. The van der Waals surface area contributed by atoms with Gasteiger partial charge in [0.2, 0.25) is 5.91 Å². The predicted molar refractivity (Wildman–Crippen MR) is 222 cm³/mol. The second kappa shape index (κ2) is 15.2. The zero-order valence-corrected chi connectivity index (χ0v) is 36.9. The molecule has 57 heavy (non-hydrogen) atoms.